The minimum atomic E-state index is -0.247. The van der Waals surface area contributed by atoms with Crippen molar-refractivity contribution in [1.82, 2.24) is 10.2 Å². The van der Waals surface area contributed by atoms with Crippen LogP contribution in [0.2, 0.25) is 0 Å². The number of nitrogens with zero attached hydrogens (tertiary/aromatic N) is 1. The summed E-state index contributed by atoms with van der Waals surface area (Å²) in [6.07, 6.45) is 4.30. The Labute approximate surface area is 117 Å². The lowest BCUT2D eigenvalue weighted by molar-refractivity contribution is -0.135. The molecule has 0 spiro atoms. The summed E-state index contributed by atoms with van der Waals surface area (Å²) in [6.45, 7) is 8.12. The molecule has 0 aromatic heterocycles. The number of hydrogen-bond donors (Lipinski definition) is 2. The maximum Gasteiger partial charge on any atom is 0.227 e. The number of likely N-dealkylation sites (tertiary alicyclic amines) is 1. The van der Waals surface area contributed by atoms with Crippen molar-refractivity contribution in [2.75, 3.05) is 33.2 Å². The molecule has 0 aromatic rings. The van der Waals surface area contributed by atoms with Gasteiger partial charge in [0.1, 0.15) is 0 Å². The number of nitrogens with one attached hydrogen (secondary N) is 1. The number of hydrogen-bond acceptors (Lipinski definition) is 3. The highest BCUT2D eigenvalue weighted by atomic mass is 16.2. The molecule has 1 heterocycles. The first-order chi connectivity index (χ1) is 8.89. The van der Waals surface area contributed by atoms with Crippen LogP contribution in [0.15, 0.2) is 0 Å². The lowest BCUT2D eigenvalue weighted by Gasteiger charge is -2.40. The third-order valence-corrected chi connectivity index (χ3v) is 5.38. The van der Waals surface area contributed by atoms with E-state index in [0.29, 0.717) is 12.5 Å². The molecule has 1 unspecified atom stereocenters. The third kappa shape index (κ3) is 2.95. The van der Waals surface area contributed by atoms with Crippen LogP contribution in [0.3, 0.4) is 0 Å². The first kappa shape index (κ1) is 14.8. The fraction of sp³-hybridized carbons (Fsp3) is 0.933. The number of nitrogens with two attached hydrogens (primary N) is 1. The van der Waals surface area contributed by atoms with Gasteiger partial charge in [-0.25, -0.2) is 0 Å². The summed E-state index contributed by atoms with van der Waals surface area (Å²) in [5.74, 6) is 0.855. The molecule has 110 valence electrons. The molecule has 1 aliphatic heterocycles. The monoisotopic (exact) mass is 267 g/mol. The molecule has 0 radical (unpaired) electrons. The third-order valence-electron chi connectivity index (χ3n) is 5.38. The summed E-state index contributed by atoms with van der Waals surface area (Å²) in [6, 6.07) is 0. The molecule has 1 aliphatic carbocycles. The van der Waals surface area contributed by atoms with Crippen LogP contribution in [0.1, 0.15) is 39.5 Å². The standard InChI is InChI=1S/C15H29N3O/c1-14(2,12-5-8-18(3)9-12)11-17-13(19)15(10-16)6-4-7-15/h12H,4-11,16H2,1-3H3,(H,17,19). The molecule has 1 saturated heterocycles. The Morgan fingerprint density at radius 2 is 2.16 bits per heavy atom. The van der Waals surface area contributed by atoms with Gasteiger partial charge in [0.15, 0.2) is 0 Å². The predicted molar refractivity (Wildman–Crippen MR) is 77.7 cm³/mol. The van der Waals surface area contributed by atoms with Crippen LogP contribution in [0.25, 0.3) is 0 Å². The van der Waals surface area contributed by atoms with Crippen molar-refractivity contribution in [2.45, 2.75) is 39.5 Å². The zero-order valence-electron chi connectivity index (χ0n) is 12.7. The van der Waals surface area contributed by atoms with Gasteiger partial charge in [-0.1, -0.05) is 20.3 Å². The summed E-state index contributed by atoms with van der Waals surface area (Å²) in [5.41, 5.74) is 5.70. The van der Waals surface area contributed by atoms with Gasteiger partial charge in [0.05, 0.1) is 5.41 Å². The van der Waals surface area contributed by atoms with Crippen LogP contribution < -0.4 is 11.1 Å². The average Bonchev–Trinajstić information content (AvgIpc) is 2.73. The molecule has 2 aliphatic rings. The number of carbonyl (C=O) groups is 1. The summed E-state index contributed by atoms with van der Waals surface area (Å²) in [5, 5.41) is 3.17. The Hall–Kier alpha value is -0.610. The quantitative estimate of drug-likeness (QED) is 0.787. The SMILES string of the molecule is CN1CCC(C(C)(C)CNC(=O)C2(CN)CCC2)C1. The van der Waals surface area contributed by atoms with E-state index in [-0.39, 0.29) is 16.7 Å². The average molecular weight is 267 g/mol. The maximum absolute atomic E-state index is 12.3. The summed E-state index contributed by atoms with van der Waals surface area (Å²) < 4.78 is 0. The second-order valence-corrected chi connectivity index (χ2v) is 7.26. The molecule has 1 atom stereocenters. The van der Waals surface area contributed by atoms with Crippen molar-refractivity contribution in [3.8, 4) is 0 Å². The normalized spacial score (nSPS) is 27.1. The Balaban J connectivity index is 1.85. The van der Waals surface area contributed by atoms with Gasteiger partial charge in [0, 0.05) is 19.6 Å². The lowest BCUT2D eigenvalue weighted by Crippen LogP contribution is -2.52. The van der Waals surface area contributed by atoms with Crippen molar-refractivity contribution in [3.63, 3.8) is 0 Å². The molecule has 4 heteroatoms. The molecular weight excluding hydrogens is 238 g/mol. The van der Waals surface area contributed by atoms with Gasteiger partial charge in [-0.15, -0.1) is 0 Å². The van der Waals surface area contributed by atoms with Crippen LogP contribution in [0.4, 0.5) is 0 Å². The lowest BCUT2D eigenvalue weighted by atomic mass is 9.68. The Bertz CT molecular complexity index is 331. The molecule has 1 saturated carbocycles. The van der Waals surface area contributed by atoms with Crippen molar-refractivity contribution in [3.05, 3.63) is 0 Å². The smallest absolute Gasteiger partial charge is 0.227 e. The molecule has 0 aromatic carbocycles. The Kier molecular flexibility index (Phi) is 4.21. The largest absolute Gasteiger partial charge is 0.355 e. The second kappa shape index (κ2) is 5.41. The summed E-state index contributed by atoms with van der Waals surface area (Å²) in [4.78, 5) is 14.7. The van der Waals surface area contributed by atoms with Crippen LogP contribution in [-0.4, -0.2) is 44.0 Å². The maximum atomic E-state index is 12.3. The van der Waals surface area contributed by atoms with Gasteiger partial charge in [-0.3, -0.25) is 4.79 Å². The van der Waals surface area contributed by atoms with Crippen LogP contribution in [-0.2, 0) is 4.79 Å². The zero-order chi connectivity index (χ0) is 14.1. The summed E-state index contributed by atoms with van der Waals surface area (Å²) in [7, 11) is 2.17. The van der Waals surface area contributed by atoms with E-state index in [1.807, 2.05) is 0 Å². The highest BCUT2D eigenvalue weighted by Gasteiger charge is 2.43. The van der Waals surface area contributed by atoms with E-state index < -0.39 is 0 Å². The highest BCUT2D eigenvalue weighted by molar-refractivity contribution is 5.83. The molecule has 4 nitrogen and oxygen atoms in total. The van der Waals surface area contributed by atoms with E-state index in [2.05, 4.69) is 31.1 Å². The Morgan fingerprint density at radius 1 is 1.47 bits per heavy atom. The van der Waals surface area contributed by atoms with Gasteiger partial charge in [0.2, 0.25) is 5.91 Å². The van der Waals surface area contributed by atoms with Gasteiger partial charge in [-0.2, -0.15) is 0 Å². The van der Waals surface area contributed by atoms with Gasteiger partial charge in [0.25, 0.3) is 0 Å². The second-order valence-electron chi connectivity index (χ2n) is 7.26. The first-order valence-corrected chi connectivity index (χ1v) is 7.56. The van der Waals surface area contributed by atoms with E-state index in [4.69, 9.17) is 5.73 Å². The van der Waals surface area contributed by atoms with E-state index in [1.54, 1.807) is 0 Å². The van der Waals surface area contributed by atoms with E-state index in [0.717, 1.165) is 32.4 Å². The zero-order valence-corrected chi connectivity index (χ0v) is 12.7. The van der Waals surface area contributed by atoms with E-state index in [1.165, 1.54) is 13.0 Å². The highest BCUT2D eigenvalue weighted by Crippen LogP contribution is 2.40. The molecule has 1 amide bonds. The fourth-order valence-electron chi connectivity index (χ4n) is 3.34. The minimum absolute atomic E-state index is 0.167. The predicted octanol–water partition coefficient (Wildman–Crippen LogP) is 1.21. The number of rotatable bonds is 5. The van der Waals surface area contributed by atoms with Gasteiger partial charge >= 0.3 is 0 Å². The molecular formula is C15H29N3O. The van der Waals surface area contributed by atoms with Crippen molar-refractivity contribution in [2.24, 2.45) is 22.5 Å². The molecule has 19 heavy (non-hydrogen) atoms. The van der Waals surface area contributed by atoms with E-state index >= 15 is 0 Å². The van der Waals surface area contributed by atoms with Crippen molar-refractivity contribution in [1.29, 1.82) is 0 Å². The summed E-state index contributed by atoms with van der Waals surface area (Å²) >= 11 is 0. The minimum Gasteiger partial charge on any atom is -0.355 e. The number of amides is 1. The van der Waals surface area contributed by atoms with Gasteiger partial charge < -0.3 is 16.0 Å². The van der Waals surface area contributed by atoms with Crippen molar-refractivity contribution >= 4 is 5.91 Å². The van der Waals surface area contributed by atoms with Crippen LogP contribution >= 0.6 is 0 Å². The van der Waals surface area contributed by atoms with Crippen LogP contribution in [0.5, 0.6) is 0 Å². The van der Waals surface area contributed by atoms with Crippen molar-refractivity contribution < 1.29 is 4.79 Å². The molecule has 0 bridgehead atoms. The molecule has 2 fully saturated rings. The Morgan fingerprint density at radius 3 is 2.58 bits per heavy atom. The first-order valence-electron chi connectivity index (χ1n) is 7.56. The molecule has 3 N–H and O–H groups in total. The number of carbonyl (C=O) groups excluding carboxylic acids is 1. The fourth-order valence-corrected chi connectivity index (χ4v) is 3.34. The van der Waals surface area contributed by atoms with E-state index in [9.17, 15) is 4.79 Å². The van der Waals surface area contributed by atoms with Crippen LogP contribution in [0, 0.1) is 16.7 Å². The van der Waals surface area contributed by atoms with Gasteiger partial charge in [-0.05, 0) is 44.2 Å². The molecule has 2 rings (SSSR count). The topological polar surface area (TPSA) is 58.4 Å².